The van der Waals surface area contributed by atoms with E-state index in [9.17, 15) is 12.8 Å². The summed E-state index contributed by atoms with van der Waals surface area (Å²) in [7, 11) is -3.72. The van der Waals surface area contributed by atoms with Crippen molar-refractivity contribution in [2.24, 2.45) is 5.92 Å². The van der Waals surface area contributed by atoms with E-state index in [4.69, 9.17) is 16.9 Å². The number of halogens is 2. The van der Waals surface area contributed by atoms with Gasteiger partial charge in [-0.1, -0.05) is 11.6 Å². The summed E-state index contributed by atoms with van der Waals surface area (Å²) >= 11 is 5.79. The van der Waals surface area contributed by atoms with Crippen LogP contribution in [0.4, 0.5) is 4.39 Å². The maximum absolute atomic E-state index is 12.9. The van der Waals surface area contributed by atoms with Gasteiger partial charge in [-0.2, -0.15) is 9.57 Å². The number of hydrogen-bond acceptors (Lipinski definition) is 3. The van der Waals surface area contributed by atoms with Crippen LogP contribution >= 0.6 is 11.6 Å². The molecule has 102 valence electrons. The first-order valence-corrected chi connectivity index (χ1v) is 7.62. The van der Waals surface area contributed by atoms with E-state index < -0.39 is 15.8 Å². The Balaban J connectivity index is 2.26. The van der Waals surface area contributed by atoms with Gasteiger partial charge in [-0.05, 0) is 31.0 Å². The average Bonchev–Trinajstić information content (AvgIpc) is 2.38. The highest BCUT2D eigenvalue weighted by Crippen LogP contribution is 2.28. The summed E-state index contributed by atoms with van der Waals surface area (Å²) in [5.74, 6) is -0.678. The third kappa shape index (κ3) is 2.89. The van der Waals surface area contributed by atoms with Gasteiger partial charge < -0.3 is 0 Å². The molecule has 1 fully saturated rings. The fourth-order valence-corrected chi connectivity index (χ4v) is 4.02. The molecule has 1 aliphatic heterocycles. The molecule has 0 N–H and O–H groups in total. The third-order valence-electron chi connectivity index (χ3n) is 3.15. The molecule has 0 spiro atoms. The number of nitrogens with zero attached hydrogens (tertiary/aromatic N) is 2. The van der Waals surface area contributed by atoms with E-state index in [1.165, 1.54) is 10.4 Å². The van der Waals surface area contributed by atoms with Gasteiger partial charge in [-0.25, -0.2) is 12.8 Å². The predicted molar refractivity (Wildman–Crippen MR) is 68.5 cm³/mol. The van der Waals surface area contributed by atoms with E-state index in [1.807, 2.05) is 0 Å². The Hall–Kier alpha value is -1.16. The van der Waals surface area contributed by atoms with Crippen LogP contribution in [0.2, 0.25) is 5.02 Å². The van der Waals surface area contributed by atoms with E-state index in [1.54, 1.807) is 0 Å². The number of piperidine rings is 1. The number of benzene rings is 1. The molecule has 0 amide bonds. The maximum Gasteiger partial charge on any atom is 0.244 e. The van der Waals surface area contributed by atoms with Crippen LogP contribution in [0.3, 0.4) is 0 Å². The lowest BCUT2D eigenvalue weighted by atomic mass is 10.0. The van der Waals surface area contributed by atoms with E-state index in [2.05, 4.69) is 6.07 Å². The molecular formula is C12H12ClFN2O2S. The molecule has 0 bridgehead atoms. The maximum atomic E-state index is 12.9. The summed E-state index contributed by atoms with van der Waals surface area (Å²) in [5, 5.41) is 8.67. The van der Waals surface area contributed by atoms with Crippen molar-refractivity contribution in [1.29, 1.82) is 5.26 Å². The zero-order valence-electron chi connectivity index (χ0n) is 10.0. The first kappa shape index (κ1) is 14.3. The molecule has 1 aromatic rings. The summed E-state index contributed by atoms with van der Waals surface area (Å²) in [6.45, 7) is 0.572. The molecule has 19 heavy (non-hydrogen) atoms. The standard InChI is InChI=1S/C12H12ClFN2O2S/c13-11-7-10(14)1-2-12(11)19(17,18)16-5-3-9(8-15)4-6-16/h1-2,7,9H,3-6H2. The molecule has 1 saturated heterocycles. The Labute approximate surface area is 116 Å². The molecule has 2 rings (SSSR count). The van der Waals surface area contributed by atoms with Crippen molar-refractivity contribution in [1.82, 2.24) is 4.31 Å². The SMILES string of the molecule is N#CC1CCN(S(=O)(=O)c2ccc(F)cc2Cl)CC1. The van der Waals surface area contributed by atoms with E-state index in [0.717, 1.165) is 12.1 Å². The second-order valence-electron chi connectivity index (χ2n) is 4.38. The van der Waals surface area contributed by atoms with E-state index >= 15 is 0 Å². The second-order valence-corrected chi connectivity index (χ2v) is 6.70. The highest BCUT2D eigenvalue weighted by Gasteiger charge is 2.30. The Kier molecular flexibility index (Phi) is 4.09. The molecule has 1 heterocycles. The van der Waals surface area contributed by atoms with Crippen molar-refractivity contribution >= 4 is 21.6 Å². The minimum atomic E-state index is -3.72. The molecule has 0 saturated carbocycles. The highest BCUT2D eigenvalue weighted by atomic mass is 35.5. The monoisotopic (exact) mass is 302 g/mol. The molecule has 0 radical (unpaired) electrons. The summed E-state index contributed by atoms with van der Waals surface area (Å²) in [5.41, 5.74) is 0. The lowest BCUT2D eigenvalue weighted by Gasteiger charge is -2.28. The zero-order chi connectivity index (χ0) is 14.0. The molecule has 0 unspecified atom stereocenters. The number of nitriles is 1. The van der Waals surface area contributed by atoms with Crippen LogP contribution in [0.15, 0.2) is 23.1 Å². The van der Waals surface area contributed by atoms with Crippen molar-refractivity contribution in [3.05, 3.63) is 29.0 Å². The predicted octanol–water partition coefficient (Wildman–Crippen LogP) is 2.40. The van der Waals surface area contributed by atoms with Crippen LogP contribution < -0.4 is 0 Å². The van der Waals surface area contributed by atoms with Crippen LogP contribution in [0.5, 0.6) is 0 Å². The molecule has 0 aromatic heterocycles. The van der Waals surface area contributed by atoms with Crippen molar-refractivity contribution < 1.29 is 12.8 Å². The van der Waals surface area contributed by atoms with Crippen molar-refractivity contribution in [2.45, 2.75) is 17.7 Å². The van der Waals surface area contributed by atoms with Crippen LogP contribution in [-0.4, -0.2) is 25.8 Å². The Morgan fingerprint density at radius 2 is 2.00 bits per heavy atom. The average molecular weight is 303 g/mol. The minimum Gasteiger partial charge on any atom is -0.207 e. The summed E-state index contributed by atoms with van der Waals surface area (Å²) in [6.07, 6.45) is 1.02. The zero-order valence-corrected chi connectivity index (χ0v) is 11.6. The van der Waals surface area contributed by atoms with Gasteiger partial charge in [0.05, 0.1) is 11.1 Å². The normalized spacial score (nSPS) is 18.2. The Morgan fingerprint density at radius 3 is 2.53 bits per heavy atom. The van der Waals surface area contributed by atoms with Gasteiger partial charge in [0.2, 0.25) is 10.0 Å². The number of hydrogen-bond donors (Lipinski definition) is 0. The van der Waals surface area contributed by atoms with Crippen molar-refractivity contribution in [2.75, 3.05) is 13.1 Å². The van der Waals surface area contributed by atoms with Crippen molar-refractivity contribution in [3.8, 4) is 6.07 Å². The molecule has 1 aromatic carbocycles. The summed E-state index contributed by atoms with van der Waals surface area (Å²) in [4.78, 5) is -0.0917. The fraction of sp³-hybridized carbons (Fsp3) is 0.417. The molecular weight excluding hydrogens is 291 g/mol. The minimum absolute atomic E-state index is 0.0917. The van der Waals surface area contributed by atoms with Gasteiger partial charge in [0, 0.05) is 19.0 Å². The molecule has 1 aliphatic rings. The second kappa shape index (κ2) is 5.45. The van der Waals surface area contributed by atoms with Crippen LogP contribution in [0.1, 0.15) is 12.8 Å². The Bertz CT molecular complexity index is 619. The number of rotatable bonds is 2. The lowest BCUT2D eigenvalue weighted by molar-refractivity contribution is 0.310. The molecule has 0 aliphatic carbocycles. The summed E-state index contributed by atoms with van der Waals surface area (Å²) < 4.78 is 38.9. The molecule has 4 nitrogen and oxygen atoms in total. The number of sulfonamides is 1. The smallest absolute Gasteiger partial charge is 0.207 e. The molecule has 0 atom stereocenters. The Morgan fingerprint density at radius 1 is 1.37 bits per heavy atom. The lowest BCUT2D eigenvalue weighted by Crippen LogP contribution is -2.38. The van der Waals surface area contributed by atoms with Crippen molar-refractivity contribution in [3.63, 3.8) is 0 Å². The first-order chi connectivity index (χ1) is 8.95. The van der Waals surface area contributed by atoms with Gasteiger partial charge in [-0.15, -0.1) is 0 Å². The van der Waals surface area contributed by atoms with Gasteiger partial charge >= 0.3 is 0 Å². The quantitative estimate of drug-likeness (QED) is 0.843. The highest BCUT2D eigenvalue weighted by molar-refractivity contribution is 7.89. The summed E-state index contributed by atoms with van der Waals surface area (Å²) in [6, 6.07) is 5.36. The van der Waals surface area contributed by atoms with Gasteiger partial charge in [0.1, 0.15) is 10.7 Å². The largest absolute Gasteiger partial charge is 0.244 e. The topological polar surface area (TPSA) is 61.2 Å². The van der Waals surface area contributed by atoms with Gasteiger partial charge in [-0.3, -0.25) is 0 Å². The fourth-order valence-electron chi connectivity index (χ4n) is 2.05. The van der Waals surface area contributed by atoms with E-state index in [-0.39, 0.29) is 28.9 Å². The van der Waals surface area contributed by atoms with Gasteiger partial charge in [0.25, 0.3) is 0 Å². The van der Waals surface area contributed by atoms with Crippen LogP contribution in [0.25, 0.3) is 0 Å². The third-order valence-corrected chi connectivity index (χ3v) is 5.53. The molecule has 7 heteroatoms. The first-order valence-electron chi connectivity index (χ1n) is 5.80. The van der Waals surface area contributed by atoms with Gasteiger partial charge in [0.15, 0.2) is 0 Å². The van der Waals surface area contributed by atoms with E-state index in [0.29, 0.717) is 12.8 Å². The van der Waals surface area contributed by atoms with Crippen LogP contribution in [0, 0.1) is 23.1 Å². The van der Waals surface area contributed by atoms with Crippen LogP contribution in [-0.2, 0) is 10.0 Å².